The summed E-state index contributed by atoms with van der Waals surface area (Å²) in [5, 5.41) is 0.409. The van der Waals surface area contributed by atoms with E-state index in [0.717, 1.165) is 68.1 Å². The molecule has 0 fully saturated rings. The van der Waals surface area contributed by atoms with Gasteiger partial charge in [-0.2, -0.15) is 0 Å². The quantitative estimate of drug-likeness (QED) is 0.108. The Hall–Kier alpha value is -1.25. The molecule has 38 heavy (non-hydrogen) atoms. The summed E-state index contributed by atoms with van der Waals surface area (Å²) < 4.78 is 0. The number of hydrogen-bond acceptors (Lipinski definition) is 3. The van der Waals surface area contributed by atoms with Gasteiger partial charge >= 0.3 is 234 Å². The molecule has 2 aromatic carbocycles. The Morgan fingerprint density at radius 1 is 0.526 bits per heavy atom. The Morgan fingerprint density at radius 2 is 1.05 bits per heavy atom. The van der Waals surface area contributed by atoms with Crippen LogP contribution >= 0.6 is 7.28 Å². The topological polar surface area (TPSA) is 60.7 Å². The SMILES string of the molecule is CCCCCCCCCc1c(P(O)(O)(O)CCCCCCCCC)ccc(CCCC)c1-c1ccccc1. The third-order valence-corrected chi connectivity index (χ3v) is 10.5. The molecular weight excluding hydrogens is 487 g/mol. The van der Waals surface area contributed by atoms with E-state index < -0.39 is 7.28 Å². The van der Waals surface area contributed by atoms with Crippen molar-refractivity contribution in [3.8, 4) is 11.1 Å². The Morgan fingerprint density at radius 3 is 1.63 bits per heavy atom. The Kier molecular flexibility index (Phi) is 15.1. The molecular formula is C34H57O3P. The fourth-order valence-corrected chi connectivity index (χ4v) is 7.85. The van der Waals surface area contributed by atoms with Crippen LogP contribution in [0.25, 0.3) is 11.1 Å². The standard InChI is InChI=1S/C34H57O3P/c1-4-7-10-12-14-16-21-26-32-33(38(35,36,37)29-22-17-15-13-11-8-5-2)28-27-31(23-9-6-3)34(32)30-24-19-18-20-25-30/h18-20,24-25,27-28,35-37H,4-17,21-23,26,29H2,1-3H3. The van der Waals surface area contributed by atoms with Gasteiger partial charge in [0, 0.05) is 0 Å². The third kappa shape index (κ3) is 11.1. The second-order valence-electron chi connectivity index (χ2n) is 11.4. The second kappa shape index (κ2) is 17.4. The van der Waals surface area contributed by atoms with Crippen LogP contribution in [0, 0.1) is 0 Å². The van der Waals surface area contributed by atoms with Gasteiger partial charge in [-0.25, -0.2) is 0 Å². The summed E-state index contributed by atoms with van der Waals surface area (Å²) >= 11 is 0. The van der Waals surface area contributed by atoms with E-state index >= 15 is 0 Å². The van der Waals surface area contributed by atoms with Crippen LogP contribution in [0.4, 0.5) is 0 Å². The summed E-state index contributed by atoms with van der Waals surface area (Å²) in [7, 11) is -5.00. The van der Waals surface area contributed by atoms with Crippen LogP contribution in [0.3, 0.4) is 0 Å². The molecule has 216 valence electrons. The van der Waals surface area contributed by atoms with Crippen molar-refractivity contribution in [2.24, 2.45) is 0 Å². The molecule has 0 bridgehead atoms. The van der Waals surface area contributed by atoms with Gasteiger partial charge in [0.15, 0.2) is 0 Å². The molecule has 0 amide bonds. The Labute approximate surface area is 234 Å². The molecule has 0 saturated carbocycles. The van der Waals surface area contributed by atoms with E-state index in [1.54, 1.807) is 0 Å². The summed E-state index contributed by atoms with van der Waals surface area (Å²) in [6.45, 7) is 6.67. The predicted octanol–water partition coefficient (Wildman–Crippen LogP) is 9.64. The molecule has 0 unspecified atom stereocenters. The molecule has 0 spiro atoms. The maximum absolute atomic E-state index is 11.6. The van der Waals surface area contributed by atoms with Crippen LogP contribution < -0.4 is 5.30 Å². The van der Waals surface area contributed by atoms with E-state index in [2.05, 4.69) is 51.1 Å². The molecule has 3 N–H and O–H groups in total. The van der Waals surface area contributed by atoms with E-state index in [0.29, 0.717) is 11.7 Å². The molecule has 3 nitrogen and oxygen atoms in total. The van der Waals surface area contributed by atoms with Crippen molar-refractivity contribution in [3.05, 3.63) is 53.6 Å². The van der Waals surface area contributed by atoms with Crippen molar-refractivity contribution in [2.45, 2.75) is 136 Å². The molecule has 0 saturated heterocycles. The van der Waals surface area contributed by atoms with Crippen molar-refractivity contribution >= 4 is 12.6 Å². The summed E-state index contributed by atoms with van der Waals surface area (Å²) in [4.78, 5) is 34.7. The number of aryl methyl sites for hydroxylation is 1. The molecule has 2 rings (SSSR count). The average molecular weight is 545 g/mol. The molecule has 0 aliphatic carbocycles. The van der Waals surface area contributed by atoms with Gasteiger partial charge in [0.2, 0.25) is 0 Å². The van der Waals surface area contributed by atoms with Crippen LogP contribution in [0.15, 0.2) is 42.5 Å². The van der Waals surface area contributed by atoms with Gasteiger partial charge in [-0.15, -0.1) is 0 Å². The molecule has 0 aromatic heterocycles. The number of benzene rings is 2. The fourth-order valence-electron chi connectivity index (χ4n) is 5.65. The third-order valence-electron chi connectivity index (χ3n) is 7.93. The first-order valence-corrected chi connectivity index (χ1v) is 18.1. The van der Waals surface area contributed by atoms with Gasteiger partial charge in [0.1, 0.15) is 0 Å². The zero-order chi connectivity index (χ0) is 27.7. The molecule has 0 atom stereocenters. The van der Waals surface area contributed by atoms with Gasteiger partial charge in [-0.3, -0.25) is 0 Å². The van der Waals surface area contributed by atoms with Crippen molar-refractivity contribution in [2.75, 3.05) is 6.16 Å². The van der Waals surface area contributed by atoms with Gasteiger partial charge in [0.25, 0.3) is 0 Å². The van der Waals surface area contributed by atoms with E-state index in [9.17, 15) is 14.7 Å². The van der Waals surface area contributed by atoms with Crippen molar-refractivity contribution in [1.82, 2.24) is 0 Å². The van der Waals surface area contributed by atoms with Gasteiger partial charge in [-0.05, 0) is 0 Å². The van der Waals surface area contributed by atoms with E-state index in [1.165, 1.54) is 63.4 Å². The van der Waals surface area contributed by atoms with Crippen LogP contribution in [0.1, 0.15) is 135 Å². The molecule has 0 aliphatic rings. The van der Waals surface area contributed by atoms with Crippen molar-refractivity contribution in [1.29, 1.82) is 0 Å². The van der Waals surface area contributed by atoms with Crippen molar-refractivity contribution in [3.63, 3.8) is 0 Å². The van der Waals surface area contributed by atoms with Gasteiger partial charge in [-0.1, -0.05) is 0 Å². The molecule has 0 radical (unpaired) electrons. The van der Waals surface area contributed by atoms with Gasteiger partial charge in [0.05, 0.1) is 0 Å². The number of hydrogen-bond donors (Lipinski definition) is 3. The second-order valence-corrected chi connectivity index (χ2v) is 14.7. The van der Waals surface area contributed by atoms with Crippen LogP contribution in [0.5, 0.6) is 0 Å². The first-order valence-electron chi connectivity index (χ1n) is 15.8. The average Bonchev–Trinajstić information content (AvgIpc) is 2.90. The molecule has 0 heterocycles. The summed E-state index contributed by atoms with van der Waals surface area (Å²) in [6, 6.07) is 14.3. The zero-order valence-corrected chi connectivity index (χ0v) is 25.7. The van der Waals surface area contributed by atoms with Gasteiger partial charge < -0.3 is 0 Å². The van der Waals surface area contributed by atoms with E-state index in [1.807, 2.05) is 12.1 Å². The van der Waals surface area contributed by atoms with Crippen molar-refractivity contribution < 1.29 is 14.7 Å². The summed E-state index contributed by atoms with van der Waals surface area (Å²) in [6.07, 6.45) is 20.0. The zero-order valence-electron chi connectivity index (χ0n) is 24.8. The molecule has 2 aromatic rings. The molecule has 4 heteroatoms. The fraction of sp³-hybridized carbons (Fsp3) is 0.647. The van der Waals surface area contributed by atoms with Crippen LogP contribution in [0.2, 0.25) is 0 Å². The summed E-state index contributed by atoms with van der Waals surface area (Å²) in [5.41, 5.74) is 4.45. The minimum atomic E-state index is -5.00. The van der Waals surface area contributed by atoms with Crippen LogP contribution in [-0.4, -0.2) is 20.8 Å². The molecule has 0 aliphatic heterocycles. The normalized spacial score (nSPS) is 12.9. The van der Waals surface area contributed by atoms with E-state index in [4.69, 9.17) is 0 Å². The summed E-state index contributed by atoms with van der Waals surface area (Å²) in [5.74, 6) is 0. The predicted molar refractivity (Wildman–Crippen MR) is 168 cm³/mol. The minimum absolute atomic E-state index is 0.0614. The number of rotatable bonds is 21. The van der Waals surface area contributed by atoms with E-state index in [-0.39, 0.29) is 6.16 Å². The van der Waals surface area contributed by atoms with Crippen LogP contribution in [-0.2, 0) is 12.8 Å². The first-order chi connectivity index (χ1) is 18.3. The Balaban J connectivity index is 2.35. The monoisotopic (exact) mass is 544 g/mol. The first kappa shape index (κ1) is 33.0. The number of unbranched alkanes of at least 4 members (excludes halogenated alkanes) is 13. The maximum atomic E-state index is 11.6. The Bertz CT molecular complexity index is 901.